The van der Waals surface area contributed by atoms with Gasteiger partial charge in [0.15, 0.2) is 0 Å². The van der Waals surface area contributed by atoms with E-state index in [4.69, 9.17) is 5.11 Å². The van der Waals surface area contributed by atoms with Crippen molar-refractivity contribution >= 4 is 12.0 Å². The quantitative estimate of drug-likeness (QED) is 0.835. The zero-order valence-corrected chi connectivity index (χ0v) is 11.2. The lowest BCUT2D eigenvalue weighted by atomic mass is 9.84. The molecule has 0 radical (unpaired) electrons. The van der Waals surface area contributed by atoms with Crippen LogP contribution in [0.5, 0.6) is 0 Å². The molecule has 0 aliphatic heterocycles. The second-order valence-corrected chi connectivity index (χ2v) is 5.07. The Morgan fingerprint density at radius 3 is 2.45 bits per heavy atom. The van der Waals surface area contributed by atoms with E-state index in [0.29, 0.717) is 12.8 Å². The minimum Gasteiger partial charge on any atom is -0.481 e. The number of carboxylic acids is 1. The summed E-state index contributed by atoms with van der Waals surface area (Å²) in [7, 11) is 1.26. The summed E-state index contributed by atoms with van der Waals surface area (Å²) in [6, 6.07) is -1.17. The molecule has 1 aliphatic carbocycles. The molecule has 2 amide bonds. The van der Waals surface area contributed by atoms with Gasteiger partial charge in [-0.2, -0.15) is 13.2 Å². The van der Waals surface area contributed by atoms with Crippen molar-refractivity contribution in [2.45, 2.75) is 44.3 Å². The molecular formula is C12H19F3N2O3. The normalized spacial score (nSPS) is 23.2. The molecule has 0 saturated heterocycles. The zero-order valence-electron chi connectivity index (χ0n) is 11.2. The predicted molar refractivity (Wildman–Crippen MR) is 65.2 cm³/mol. The fourth-order valence-corrected chi connectivity index (χ4v) is 2.26. The van der Waals surface area contributed by atoms with Crippen molar-refractivity contribution in [3.63, 3.8) is 0 Å². The monoisotopic (exact) mass is 296 g/mol. The number of hydrogen-bond donors (Lipinski definition) is 2. The molecule has 0 spiro atoms. The van der Waals surface area contributed by atoms with Crippen LogP contribution in [0.15, 0.2) is 0 Å². The molecule has 1 aliphatic rings. The first-order valence-corrected chi connectivity index (χ1v) is 6.52. The highest BCUT2D eigenvalue weighted by molar-refractivity contribution is 5.76. The van der Waals surface area contributed by atoms with E-state index in [-0.39, 0.29) is 0 Å². The summed E-state index contributed by atoms with van der Waals surface area (Å²) in [5, 5.41) is 11.6. The highest BCUT2D eigenvalue weighted by Gasteiger charge is 2.33. The largest absolute Gasteiger partial charge is 0.481 e. The minimum absolute atomic E-state index is 0.445. The molecule has 1 rings (SSSR count). The average molecular weight is 296 g/mol. The molecule has 116 valence electrons. The van der Waals surface area contributed by atoms with Crippen molar-refractivity contribution < 1.29 is 27.9 Å². The van der Waals surface area contributed by atoms with Crippen molar-refractivity contribution in [2.75, 3.05) is 13.6 Å². The predicted octanol–water partition coefficient (Wildman–Crippen LogP) is 2.22. The first-order chi connectivity index (χ1) is 9.20. The molecule has 0 aromatic rings. The van der Waals surface area contributed by atoms with Gasteiger partial charge in [-0.15, -0.1) is 0 Å². The van der Waals surface area contributed by atoms with E-state index in [2.05, 4.69) is 5.32 Å². The first-order valence-electron chi connectivity index (χ1n) is 6.52. The summed E-state index contributed by atoms with van der Waals surface area (Å²) in [6.07, 6.45) is -2.79. The van der Waals surface area contributed by atoms with Gasteiger partial charge in [-0.1, -0.05) is 12.8 Å². The second kappa shape index (κ2) is 6.81. The van der Waals surface area contributed by atoms with E-state index in [9.17, 15) is 22.8 Å². The van der Waals surface area contributed by atoms with Crippen molar-refractivity contribution in [3.8, 4) is 0 Å². The van der Waals surface area contributed by atoms with Crippen LogP contribution in [0.1, 0.15) is 32.1 Å². The first kappa shape index (κ1) is 16.6. The SMILES string of the molecule is CN(CCC(F)(F)F)C(=O)NC1CCCCC1C(=O)O. The molecule has 20 heavy (non-hydrogen) atoms. The van der Waals surface area contributed by atoms with Crippen molar-refractivity contribution in [2.24, 2.45) is 5.92 Å². The molecule has 2 unspecified atom stereocenters. The summed E-state index contributed by atoms with van der Waals surface area (Å²) < 4.78 is 36.2. The fourth-order valence-electron chi connectivity index (χ4n) is 2.26. The van der Waals surface area contributed by atoms with Gasteiger partial charge in [-0.25, -0.2) is 4.79 Å². The smallest absolute Gasteiger partial charge is 0.390 e. The summed E-state index contributed by atoms with van der Waals surface area (Å²) in [4.78, 5) is 23.7. The van der Waals surface area contributed by atoms with Gasteiger partial charge >= 0.3 is 18.2 Å². The van der Waals surface area contributed by atoms with Crippen molar-refractivity contribution in [3.05, 3.63) is 0 Å². The number of nitrogens with one attached hydrogen (secondary N) is 1. The maximum absolute atomic E-state index is 12.1. The molecule has 2 N–H and O–H groups in total. The Labute approximate surface area is 115 Å². The Morgan fingerprint density at radius 1 is 1.30 bits per heavy atom. The zero-order chi connectivity index (χ0) is 15.3. The Hall–Kier alpha value is -1.47. The van der Waals surface area contributed by atoms with Gasteiger partial charge in [-0.05, 0) is 12.8 Å². The van der Waals surface area contributed by atoms with Crippen LogP contribution in [0.25, 0.3) is 0 Å². The molecule has 0 aromatic carbocycles. The fraction of sp³-hybridized carbons (Fsp3) is 0.833. The number of rotatable bonds is 4. The van der Waals surface area contributed by atoms with E-state index < -0.39 is 43.1 Å². The van der Waals surface area contributed by atoms with Gasteiger partial charge < -0.3 is 15.3 Å². The van der Waals surface area contributed by atoms with Gasteiger partial charge in [-0.3, -0.25) is 4.79 Å². The van der Waals surface area contributed by atoms with E-state index in [1.54, 1.807) is 0 Å². The summed E-state index contributed by atoms with van der Waals surface area (Å²) in [5.41, 5.74) is 0. The molecule has 0 bridgehead atoms. The highest BCUT2D eigenvalue weighted by atomic mass is 19.4. The van der Waals surface area contributed by atoms with Crippen LogP contribution >= 0.6 is 0 Å². The van der Waals surface area contributed by atoms with Crippen molar-refractivity contribution in [1.82, 2.24) is 10.2 Å². The summed E-state index contributed by atoms with van der Waals surface area (Å²) in [5.74, 6) is -1.64. The molecule has 8 heteroatoms. The lowest BCUT2D eigenvalue weighted by Gasteiger charge is -2.31. The maximum atomic E-state index is 12.1. The number of amides is 2. The third-order valence-corrected chi connectivity index (χ3v) is 3.47. The molecule has 0 heterocycles. The van der Waals surface area contributed by atoms with Crippen LogP contribution in [-0.2, 0) is 4.79 Å². The van der Waals surface area contributed by atoms with Crippen LogP contribution in [0, 0.1) is 5.92 Å². The lowest BCUT2D eigenvalue weighted by molar-refractivity contribution is -0.143. The number of aliphatic carboxylic acids is 1. The van der Waals surface area contributed by atoms with Gasteiger partial charge in [0, 0.05) is 19.6 Å². The number of carbonyl (C=O) groups excluding carboxylic acids is 1. The Morgan fingerprint density at radius 2 is 1.90 bits per heavy atom. The number of carbonyl (C=O) groups is 2. The van der Waals surface area contributed by atoms with Crippen LogP contribution in [-0.4, -0.2) is 47.8 Å². The van der Waals surface area contributed by atoms with E-state index in [1.165, 1.54) is 7.05 Å². The number of alkyl halides is 3. The van der Waals surface area contributed by atoms with Gasteiger partial charge in [0.1, 0.15) is 0 Å². The second-order valence-electron chi connectivity index (χ2n) is 5.07. The molecule has 1 fully saturated rings. The van der Waals surface area contributed by atoms with Gasteiger partial charge in [0.05, 0.1) is 12.3 Å². The van der Waals surface area contributed by atoms with Crippen LogP contribution in [0.2, 0.25) is 0 Å². The Bertz CT molecular complexity index is 360. The number of carboxylic acid groups (broad SMARTS) is 1. The van der Waals surface area contributed by atoms with Crippen molar-refractivity contribution in [1.29, 1.82) is 0 Å². The molecule has 2 atom stereocenters. The molecular weight excluding hydrogens is 277 g/mol. The third kappa shape index (κ3) is 5.26. The third-order valence-electron chi connectivity index (χ3n) is 3.47. The van der Waals surface area contributed by atoms with E-state index >= 15 is 0 Å². The molecule has 1 saturated carbocycles. The maximum Gasteiger partial charge on any atom is 0.390 e. The Balaban J connectivity index is 2.49. The van der Waals surface area contributed by atoms with Crippen LogP contribution < -0.4 is 5.32 Å². The van der Waals surface area contributed by atoms with E-state index in [0.717, 1.165) is 17.7 Å². The number of urea groups is 1. The lowest BCUT2D eigenvalue weighted by Crippen LogP contribution is -2.49. The average Bonchev–Trinajstić information content (AvgIpc) is 2.35. The summed E-state index contributed by atoms with van der Waals surface area (Å²) in [6.45, 7) is -0.445. The number of nitrogens with zero attached hydrogens (tertiary/aromatic N) is 1. The number of halogens is 3. The van der Waals surface area contributed by atoms with Gasteiger partial charge in [0.2, 0.25) is 0 Å². The number of hydrogen-bond acceptors (Lipinski definition) is 2. The van der Waals surface area contributed by atoms with Gasteiger partial charge in [0.25, 0.3) is 0 Å². The van der Waals surface area contributed by atoms with Crippen LogP contribution in [0.3, 0.4) is 0 Å². The topological polar surface area (TPSA) is 69.6 Å². The molecule has 5 nitrogen and oxygen atoms in total. The highest BCUT2D eigenvalue weighted by Crippen LogP contribution is 2.25. The molecule has 0 aromatic heterocycles. The standard InChI is InChI=1S/C12H19F3N2O3/c1-17(7-6-12(13,14)15)11(20)16-9-5-3-2-4-8(9)10(18)19/h8-9H,2-7H2,1H3,(H,16,20)(H,18,19). The summed E-state index contributed by atoms with van der Waals surface area (Å²) >= 11 is 0. The van der Waals surface area contributed by atoms with E-state index in [1.807, 2.05) is 0 Å². The van der Waals surface area contributed by atoms with Crippen LogP contribution in [0.4, 0.5) is 18.0 Å². The Kier molecular flexibility index (Phi) is 5.64. The minimum atomic E-state index is -4.32.